The number of aromatic nitrogens is 2. The molecule has 1 aromatic heterocycles. The highest BCUT2D eigenvalue weighted by molar-refractivity contribution is 5.97. The minimum Gasteiger partial charge on any atom is -0.462 e. The highest BCUT2D eigenvalue weighted by Gasteiger charge is 2.36. The van der Waals surface area contributed by atoms with Crippen molar-refractivity contribution in [3.8, 4) is 6.01 Å². The van der Waals surface area contributed by atoms with Crippen molar-refractivity contribution >= 4 is 28.2 Å². The van der Waals surface area contributed by atoms with Gasteiger partial charge in [0.15, 0.2) is 5.83 Å². The van der Waals surface area contributed by atoms with Gasteiger partial charge in [-0.1, -0.05) is 36.9 Å². The first-order valence-electron chi connectivity index (χ1n) is 15.0. The number of piperazine rings is 1. The third-order valence-electron chi connectivity index (χ3n) is 9.11. The normalized spacial score (nSPS) is 20.7. The van der Waals surface area contributed by atoms with Crippen LogP contribution in [-0.2, 0) is 17.8 Å². The first-order chi connectivity index (χ1) is 20.8. The van der Waals surface area contributed by atoms with Gasteiger partial charge in [0.1, 0.15) is 18.5 Å². The molecule has 2 atom stereocenters. The lowest BCUT2D eigenvalue weighted by Gasteiger charge is -2.41. The molecule has 3 aliphatic heterocycles. The van der Waals surface area contributed by atoms with Crippen molar-refractivity contribution in [1.29, 1.82) is 0 Å². The summed E-state index contributed by atoms with van der Waals surface area (Å²) < 4.78 is 20.1. The number of halogens is 1. The summed E-state index contributed by atoms with van der Waals surface area (Å²) in [6.45, 7) is 17.0. The van der Waals surface area contributed by atoms with E-state index in [0.717, 1.165) is 49.4 Å². The number of ether oxygens (including phenoxy) is 1. The summed E-state index contributed by atoms with van der Waals surface area (Å²) in [4.78, 5) is 34.2. The van der Waals surface area contributed by atoms with Crippen molar-refractivity contribution in [3.05, 3.63) is 77.0 Å². The van der Waals surface area contributed by atoms with E-state index in [9.17, 15) is 9.18 Å². The molecule has 2 fully saturated rings. The number of fused-ring (bicyclic) bond motifs is 2. The molecule has 43 heavy (non-hydrogen) atoms. The number of hydrogen-bond acceptors (Lipinski definition) is 7. The van der Waals surface area contributed by atoms with E-state index in [1.54, 1.807) is 0 Å². The number of aryl methyl sites for hydroxylation is 1. The lowest BCUT2D eigenvalue weighted by molar-refractivity contribution is -0.131. The lowest BCUT2D eigenvalue weighted by atomic mass is 9.99. The molecule has 0 saturated carbocycles. The predicted molar refractivity (Wildman–Crippen MR) is 166 cm³/mol. The quantitative estimate of drug-likeness (QED) is 0.302. The summed E-state index contributed by atoms with van der Waals surface area (Å²) in [5, 5.41) is 2.46. The maximum Gasteiger partial charge on any atom is 0.318 e. The standard InChI is InChI=1S/C33H38FN7O2/c1-22-8-5-9-24-10-6-12-29(30(22)24)39-15-13-27-28(20-39)36-33(43-21-25-11-7-14-38(25)4)37-31(27)40-16-17-41(32(42)23(2)34)26(19-40)18-35-3/h5-6,8-10,12,25-26H,2,7,11,13-21H2,1,4H3/t25-,26-/m0/s1. The van der Waals surface area contributed by atoms with E-state index < -0.39 is 17.8 Å². The van der Waals surface area contributed by atoms with E-state index in [1.165, 1.54) is 26.9 Å². The van der Waals surface area contributed by atoms with Gasteiger partial charge < -0.3 is 29.2 Å². The predicted octanol–water partition coefficient (Wildman–Crippen LogP) is 4.39. The van der Waals surface area contributed by atoms with Crippen LogP contribution in [-0.4, -0.2) is 90.7 Å². The van der Waals surface area contributed by atoms with Crippen molar-refractivity contribution in [2.45, 2.75) is 44.8 Å². The van der Waals surface area contributed by atoms with Crippen molar-refractivity contribution in [3.63, 3.8) is 0 Å². The molecule has 4 heterocycles. The van der Waals surface area contributed by atoms with Crippen LogP contribution in [0.5, 0.6) is 6.01 Å². The van der Waals surface area contributed by atoms with Crippen molar-refractivity contribution in [1.82, 2.24) is 19.8 Å². The molecule has 3 aliphatic rings. The molecule has 0 spiro atoms. The molecule has 10 heteroatoms. The van der Waals surface area contributed by atoms with Gasteiger partial charge in [-0.2, -0.15) is 9.97 Å². The van der Waals surface area contributed by atoms with Crippen LogP contribution in [0.25, 0.3) is 15.6 Å². The maximum absolute atomic E-state index is 13.8. The second kappa shape index (κ2) is 12.2. The van der Waals surface area contributed by atoms with Gasteiger partial charge in [-0.05, 0) is 56.8 Å². The molecule has 6 rings (SSSR count). The van der Waals surface area contributed by atoms with Gasteiger partial charge in [-0.3, -0.25) is 4.79 Å². The van der Waals surface area contributed by atoms with Crippen LogP contribution in [0.15, 0.2) is 48.8 Å². The largest absolute Gasteiger partial charge is 0.462 e. The second-order valence-corrected chi connectivity index (χ2v) is 11.8. The van der Waals surface area contributed by atoms with E-state index in [2.05, 4.69) is 76.5 Å². The Kier molecular flexibility index (Phi) is 8.17. The number of benzene rings is 2. The number of rotatable bonds is 7. The first kappa shape index (κ1) is 28.9. The van der Waals surface area contributed by atoms with E-state index in [0.29, 0.717) is 38.3 Å². The number of nitrogens with zero attached hydrogens (tertiary/aromatic N) is 7. The monoisotopic (exact) mass is 583 g/mol. The Hall–Kier alpha value is -4.23. The Morgan fingerprint density at radius 3 is 2.67 bits per heavy atom. The summed E-state index contributed by atoms with van der Waals surface area (Å²) in [5.41, 5.74) is 4.41. The zero-order valence-electron chi connectivity index (χ0n) is 24.9. The van der Waals surface area contributed by atoms with E-state index in [1.807, 2.05) is 0 Å². The number of carbonyl (C=O) groups excluding carboxylic acids is 1. The molecular weight excluding hydrogens is 545 g/mol. The lowest BCUT2D eigenvalue weighted by Crippen LogP contribution is -2.57. The summed E-state index contributed by atoms with van der Waals surface area (Å²) in [7, 11) is 2.12. The van der Waals surface area contributed by atoms with Gasteiger partial charge in [-0.25, -0.2) is 11.0 Å². The minimum atomic E-state index is -1.00. The van der Waals surface area contributed by atoms with E-state index in [-0.39, 0.29) is 13.1 Å². The van der Waals surface area contributed by atoms with E-state index in [4.69, 9.17) is 21.3 Å². The van der Waals surface area contributed by atoms with Crippen LogP contribution < -0.4 is 14.5 Å². The zero-order chi connectivity index (χ0) is 30.1. The fourth-order valence-corrected chi connectivity index (χ4v) is 6.78. The summed E-state index contributed by atoms with van der Waals surface area (Å²) in [5.74, 6) is -0.961. The van der Waals surface area contributed by atoms with Crippen LogP contribution in [0.3, 0.4) is 0 Å². The van der Waals surface area contributed by atoms with Crippen molar-refractivity contribution in [2.24, 2.45) is 0 Å². The Balaban J connectivity index is 1.34. The molecule has 0 unspecified atom stereocenters. The number of hydrogen-bond donors (Lipinski definition) is 0. The van der Waals surface area contributed by atoms with Crippen LogP contribution >= 0.6 is 0 Å². The number of likely N-dealkylation sites (tertiary alicyclic amines) is 1. The fourth-order valence-electron chi connectivity index (χ4n) is 6.78. The summed E-state index contributed by atoms with van der Waals surface area (Å²) in [6, 6.07) is 13.0. The van der Waals surface area contributed by atoms with Gasteiger partial charge in [0.2, 0.25) is 6.54 Å². The zero-order valence-corrected chi connectivity index (χ0v) is 24.9. The average Bonchev–Trinajstić information content (AvgIpc) is 3.43. The number of likely N-dealkylation sites (N-methyl/N-ethyl adjacent to an activating group) is 1. The van der Waals surface area contributed by atoms with Crippen LogP contribution in [0.2, 0.25) is 0 Å². The molecule has 0 radical (unpaired) electrons. The molecule has 2 aromatic carbocycles. The Morgan fingerprint density at radius 1 is 1.12 bits per heavy atom. The SMILES string of the molecule is [C-]#[N+]C[C@H]1CN(c2nc(OC[C@@H]3CCCN3C)nc3c2CCN(c2cccc4cccc(C)c24)C3)CCN1C(=O)C(=C)F. The topological polar surface area (TPSA) is 69.4 Å². The van der Waals surface area contributed by atoms with Crippen molar-refractivity contribution < 1.29 is 13.9 Å². The smallest absolute Gasteiger partial charge is 0.318 e. The molecule has 0 N–H and O–H groups in total. The van der Waals surface area contributed by atoms with Gasteiger partial charge in [0.05, 0.1) is 12.2 Å². The first-order valence-corrected chi connectivity index (χ1v) is 15.0. The van der Waals surface area contributed by atoms with Crippen LogP contribution in [0.1, 0.15) is 29.7 Å². The molecule has 3 aromatic rings. The van der Waals surface area contributed by atoms with E-state index >= 15 is 0 Å². The third-order valence-corrected chi connectivity index (χ3v) is 9.11. The molecule has 224 valence electrons. The molecule has 9 nitrogen and oxygen atoms in total. The fraction of sp³-hybridized carbons (Fsp3) is 0.455. The number of anilines is 2. The summed E-state index contributed by atoms with van der Waals surface area (Å²) >= 11 is 0. The summed E-state index contributed by atoms with van der Waals surface area (Å²) in [6.07, 6.45) is 2.97. The van der Waals surface area contributed by atoms with Gasteiger partial charge in [-0.15, -0.1) is 0 Å². The Bertz CT molecular complexity index is 1580. The highest BCUT2D eigenvalue weighted by Crippen LogP contribution is 2.36. The van der Waals surface area contributed by atoms with Gasteiger partial charge in [0.25, 0.3) is 5.91 Å². The molecule has 0 bridgehead atoms. The van der Waals surface area contributed by atoms with Gasteiger partial charge >= 0.3 is 6.01 Å². The molecule has 1 amide bonds. The van der Waals surface area contributed by atoms with Crippen LogP contribution in [0, 0.1) is 13.5 Å². The number of carbonyl (C=O) groups is 1. The maximum atomic E-state index is 13.8. The Labute approximate surface area is 252 Å². The van der Waals surface area contributed by atoms with Crippen molar-refractivity contribution in [2.75, 3.05) is 62.7 Å². The minimum absolute atomic E-state index is 0.0778. The second-order valence-electron chi connectivity index (χ2n) is 11.8. The Morgan fingerprint density at radius 2 is 1.93 bits per heavy atom. The number of amides is 1. The average molecular weight is 584 g/mol. The molecule has 0 aliphatic carbocycles. The third kappa shape index (κ3) is 5.74. The molecular formula is C33H38FN7O2. The van der Waals surface area contributed by atoms with Gasteiger partial charge in [0, 0.05) is 48.9 Å². The molecule has 2 saturated heterocycles. The highest BCUT2D eigenvalue weighted by atomic mass is 19.1. The van der Waals surface area contributed by atoms with Crippen LogP contribution in [0.4, 0.5) is 15.9 Å².